The number of benzene rings is 1. The highest BCUT2D eigenvalue weighted by molar-refractivity contribution is 14.0. The van der Waals surface area contributed by atoms with Crippen LogP contribution in [0.3, 0.4) is 0 Å². The van der Waals surface area contributed by atoms with E-state index in [1.165, 1.54) is 0 Å². The molecule has 0 atom stereocenters. The summed E-state index contributed by atoms with van der Waals surface area (Å²) >= 11 is 0. The molecule has 0 heterocycles. The van der Waals surface area contributed by atoms with E-state index in [4.69, 9.17) is 10.5 Å². The van der Waals surface area contributed by atoms with Crippen molar-refractivity contribution in [2.45, 2.75) is 33.0 Å². The predicted octanol–water partition coefficient (Wildman–Crippen LogP) is 3.37. The molecule has 22 heavy (non-hydrogen) atoms. The second kappa shape index (κ2) is 9.75. The first kappa shape index (κ1) is 20.8. The number of guanidine groups is 1. The third-order valence-electron chi connectivity index (χ3n) is 2.59. The second-order valence-corrected chi connectivity index (χ2v) is 4.64. The van der Waals surface area contributed by atoms with E-state index in [1.54, 1.807) is 25.1 Å². The van der Waals surface area contributed by atoms with Crippen molar-refractivity contribution < 1.29 is 17.9 Å². The van der Waals surface area contributed by atoms with Gasteiger partial charge in [0.2, 0.25) is 0 Å². The molecule has 126 valence electrons. The van der Waals surface area contributed by atoms with Crippen LogP contribution in [0.1, 0.15) is 24.5 Å². The molecule has 0 saturated carbocycles. The van der Waals surface area contributed by atoms with E-state index in [-0.39, 0.29) is 42.2 Å². The van der Waals surface area contributed by atoms with Gasteiger partial charge in [0.25, 0.3) is 0 Å². The Balaban J connectivity index is 0.00000441. The molecular weight excluding hydrogens is 410 g/mol. The Morgan fingerprint density at radius 3 is 2.64 bits per heavy atom. The maximum absolute atomic E-state index is 12.2. The van der Waals surface area contributed by atoms with Crippen molar-refractivity contribution in [3.63, 3.8) is 0 Å². The van der Waals surface area contributed by atoms with Gasteiger partial charge in [0.15, 0.2) is 12.6 Å². The number of aryl methyl sites for hydroxylation is 1. The molecular formula is C14H21F3IN3O. The standard InChI is InChI=1S/C14H20F3N3O.HI/c1-3-6-19-13(18)20-8-11-5-4-10(2)7-12(11)21-9-14(15,16)17;/h4-5,7H,3,6,8-9H2,1-2H3,(H3,18,19,20);1H. The first-order valence-corrected chi connectivity index (χ1v) is 6.64. The van der Waals surface area contributed by atoms with Gasteiger partial charge in [0.05, 0.1) is 6.54 Å². The summed E-state index contributed by atoms with van der Waals surface area (Å²) in [5.41, 5.74) is 7.03. The summed E-state index contributed by atoms with van der Waals surface area (Å²) in [6, 6.07) is 5.05. The Morgan fingerprint density at radius 2 is 2.05 bits per heavy atom. The van der Waals surface area contributed by atoms with Crippen LogP contribution in [0.5, 0.6) is 5.75 Å². The van der Waals surface area contributed by atoms with Crippen molar-refractivity contribution in [2.75, 3.05) is 13.2 Å². The van der Waals surface area contributed by atoms with Crippen LogP contribution in [-0.2, 0) is 6.54 Å². The minimum absolute atomic E-state index is 0. The number of nitrogens with zero attached hydrogens (tertiary/aromatic N) is 1. The fraction of sp³-hybridized carbons (Fsp3) is 0.500. The largest absolute Gasteiger partial charge is 0.484 e. The summed E-state index contributed by atoms with van der Waals surface area (Å²) in [5, 5.41) is 2.90. The average Bonchev–Trinajstić information content (AvgIpc) is 2.41. The summed E-state index contributed by atoms with van der Waals surface area (Å²) < 4.78 is 41.6. The molecule has 0 unspecified atom stereocenters. The number of ether oxygens (including phenoxy) is 1. The van der Waals surface area contributed by atoms with Crippen molar-refractivity contribution in [1.29, 1.82) is 0 Å². The van der Waals surface area contributed by atoms with Gasteiger partial charge in [-0.15, -0.1) is 24.0 Å². The maximum atomic E-state index is 12.2. The van der Waals surface area contributed by atoms with Crippen molar-refractivity contribution >= 4 is 29.9 Å². The zero-order valence-corrected chi connectivity index (χ0v) is 14.9. The van der Waals surface area contributed by atoms with Gasteiger partial charge in [-0.3, -0.25) is 0 Å². The molecule has 0 radical (unpaired) electrons. The highest BCUT2D eigenvalue weighted by Gasteiger charge is 2.28. The highest BCUT2D eigenvalue weighted by Crippen LogP contribution is 2.24. The minimum atomic E-state index is -4.37. The summed E-state index contributed by atoms with van der Waals surface area (Å²) in [5.74, 6) is 0.443. The molecule has 0 aliphatic carbocycles. The lowest BCUT2D eigenvalue weighted by Gasteiger charge is -2.13. The number of nitrogens with two attached hydrogens (primary N) is 1. The molecule has 0 bridgehead atoms. The van der Waals surface area contributed by atoms with Gasteiger partial charge in [0.1, 0.15) is 5.75 Å². The van der Waals surface area contributed by atoms with Gasteiger partial charge in [-0.2, -0.15) is 13.2 Å². The van der Waals surface area contributed by atoms with Gasteiger partial charge >= 0.3 is 6.18 Å². The number of alkyl halides is 3. The van der Waals surface area contributed by atoms with Gasteiger partial charge in [-0.25, -0.2) is 4.99 Å². The third kappa shape index (κ3) is 8.30. The lowest BCUT2D eigenvalue weighted by atomic mass is 10.1. The zero-order valence-electron chi connectivity index (χ0n) is 12.5. The molecule has 8 heteroatoms. The molecule has 0 amide bonds. The normalized spacial score (nSPS) is 11.8. The first-order chi connectivity index (χ1) is 9.81. The van der Waals surface area contributed by atoms with Gasteiger partial charge < -0.3 is 15.8 Å². The van der Waals surface area contributed by atoms with E-state index in [0.717, 1.165) is 12.0 Å². The maximum Gasteiger partial charge on any atom is 0.422 e. The Hall–Kier alpha value is -1.19. The van der Waals surface area contributed by atoms with Gasteiger partial charge in [-0.05, 0) is 25.0 Å². The third-order valence-corrected chi connectivity index (χ3v) is 2.59. The summed E-state index contributed by atoms with van der Waals surface area (Å²) in [4.78, 5) is 4.09. The van der Waals surface area contributed by atoms with E-state index >= 15 is 0 Å². The fourth-order valence-electron chi connectivity index (χ4n) is 1.57. The summed E-state index contributed by atoms with van der Waals surface area (Å²) in [6.45, 7) is 3.31. The number of nitrogens with one attached hydrogen (secondary N) is 1. The molecule has 1 aromatic rings. The predicted molar refractivity (Wildman–Crippen MR) is 91.8 cm³/mol. The van der Waals surface area contributed by atoms with Crippen molar-refractivity contribution in [3.05, 3.63) is 29.3 Å². The molecule has 0 aliphatic rings. The van der Waals surface area contributed by atoms with Crippen LogP contribution in [0.25, 0.3) is 0 Å². The Kier molecular flexibility index (Phi) is 9.22. The van der Waals surface area contributed by atoms with E-state index in [1.807, 2.05) is 6.92 Å². The molecule has 1 rings (SSSR count). The smallest absolute Gasteiger partial charge is 0.422 e. The van der Waals surface area contributed by atoms with E-state index in [9.17, 15) is 13.2 Å². The van der Waals surface area contributed by atoms with Crippen LogP contribution in [-0.4, -0.2) is 25.3 Å². The Bertz CT molecular complexity index is 493. The lowest BCUT2D eigenvalue weighted by molar-refractivity contribution is -0.153. The van der Waals surface area contributed by atoms with Gasteiger partial charge in [0, 0.05) is 12.1 Å². The molecule has 0 aromatic heterocycles. The lowest BCUT2D eigenvalue weighted by Crippen LogP contribution is -2.32. The van der Waals surface area contributed by atoms with Crippen LogP contribution in [0.2, 0.25) is 0 Å². The Labute approximate surface area is 145 Å². The Morgan fingerprint density at radius 1 is 1.36 bits per heavy atom. The number of rotatable bonds is 6. The van der Waals surface area contributed by atoms with Crippen LogP contribution in [0.15, 0.2) is 23.2 Å². The van der Waals surface area contributed by atoms with Crippen LogP contribution in [0.4, 0.5) is 13.2 Å². The van der Waals surface area contributed by atoms with Crippen LogP contribution in [0, 0.1) is 6.92 Å². The minimum Gasteiger partial charge on any atom is -0.484 e. The van der Waals surface area contributed by atoms with Gasteiger partial charge in [-0.1, -0.05) is 19.1 Å². The first-order valence-electron chi connectivity index (χ1n) is 6.64. The zero-order chi connectivity index (χ0) is 15.9. The van der Waals surface area contributed by atoms with E-state index in [0.29, 0.717) is 12.1 Å². The second-order valence-electron chi connectivity index (χ2n) is 4.64. The van der Waals surface area contributed by atoms with Crippen molar-refractivity contribution in [3.8, 4) is 5.75 Å². The van der Waals surface area contributed by atoms with Crippen molar-refractivity contribution in [1.82, 2.24) is 5.32 Å². The number of hydrogen-bond acceptors (Lipinski definition) is 2. The molecule has 3 N–H and O–H groups in total. The monoisotopic (exact) mass is 431 g/mol. The van der Waals surface area contributed by atoms with Crippen molar-refractivity contribution in [2.24, 2.45) is 10.7 Å². The molecule has 4 nitrogen and oxygen atoms in total. The molecule has 1 aromatic carbocycles. The highest BCUT2D eigenvalue weighted by atomic mass is 127. The average molecular weight is 431 g/mol. The van der Waals surface area contributed by atoms with E-state index < -0.39 is 12.8 Å². The number of hydrogen-bond donors (Lipinski definition) is 2. The quantitative estimate of drug-likeness (QED) is 0.413. The van der Waals surface area contributed by atoms with Crippen LogP contribution >= 0.6 is 24.0 Å². The topological polar surface area (TPSA) is 59.6 Å². The SMILES string of the molecule is CCCNC(N)=NCc1ccc(C)cc1OCC(F)(F)F.I. The molecule has 0 spiro atoms. The number of aliphatic imine (C=N–C) groups is 1. The molecule has 0 fully saturated rings. The summed E-state index contributed by atoms with van der Waals surface area (Å²) in [7, 11) is 0. The van der Waals surface area contributed by atoms with Crippen LogP contribution < -0.4 is 15.8 Å². The number of halogens is 4. The van der Waals surface area contributed by atoms with E-state index in [2.05, 4.69) is 10.3 Å². The fourth-order valence-corrected chi connectivity index (χ4v) is 1.57. The molecule has 0 aliphatic heterocycles. The summed E-state index contributed by atoms with van der Waals surface area (Å²) in [6.07, 6.45) is -3.47. The molecule has 0 saturated heterocycles.